The van der Waals surface area contributed by atoms with Crippen molar-refractivity contribution in [2.24, 2.45) is 5.92 Å². The van der Waals surface area contributed by atoms with Crippen molar-refractivity contribution < 1.29 is 9.53 Å². The molecule has 0 spiro atoms. The Morgan fingerprint density at radius 3 is 2.95 bits per heavy atom. The first kappa shape index (κ1) is 12.5. The van der Waals surface area contributed by atoms with Gasteiger partial charge >= 0.3 is 5.97 Å². The summed E-state index contributed by atoms with van der Waals surface area (Å²) in [6.07, 6.45) is 14.8. The van der Waals surface area contributed by atoms with Crippen molar-refractivity contribution in [1.82, 2.24) is 4.90 Å². The van der Waals surface area contributed by atoms with E-state index in [2.05, 4.69) is 29.2 Å². The fourth-order valence-electron chi connectivity index (χ4n) is 3.55. The molecule has 0 saturated carbocycles. The molecule has 2 aliphatic carbocycles. The van der Waals surface area contributed by atoms with E-state index in [1.807, 2.05) is 0 Å². The van der Waals surface area contributed by atoms with Crippen molar-refractivity contribution in [3.63, 3.8) is 0 Å². The highest BCUT2D eigenvalue weighted by molar-refractivity contribution is 5.72. The number of esters is 1. The minimum atomic E-state index is -0.138. The van der Waals surface area contributed by atoms with Gasteiger partial charge in [0.1, 0.15) is 6.54 Å². The van der Waals surface area contributed by atoms with Crippen molar-refractivity contribution >= 4 is 5.97 Å². The molecule has 1 heterocycles. The van der Waals surface area contributed by atoms with Crippen LogP contribution in [0.2, 0.25) is 0 Å². The topological polar surface area (TPSA) is 29.5 Å². The van der Waals surface area contributed by atoms with E-state index in [0.29, 0.717) is 18.5 Å². The number of hydrogen-bond donors (Lipinski definition) is 0. The molecule has 0 amide bonds. The van der Waals surface area contributed by atoms with E-state index in [0.717, 1.165) is 6.42 Å². The van der Waals surface area contributed by atoms with Gasteiger partial charge in [0.2, 0.25) is 0 Å². The molecule has 19 heavy (non-hydrogen) atoms. The Morgan fingerprint density at radius 1 is 1.32 bits per heavy atom. The lowest BCUT2D eigenvalue weighted by atomic mass is 9.78. The van der Waals surface area contributed by atoms with Gasteiger partial charge in [0.15, 0.2) is 0 Å². The van der Waals surface area contributed by atoms with Crippen LogP contribution in [0.1, 0.15) is 32.1 Å². The monoisotopic (exact) mass is 259 g/mol. The van der Waals surface area contributed by atoms with Gasteiger partial charge in [0.05, 0.1) is 13.2 Å². The maximum absolute atomic E-state index is 11.7. The Balaban J connectivity index is 1.92. The average Bonchev–Trinajstić information content (AvgIpc) is 2.46. The zero-order chi connectivity index (χ0) is 13.2. The molecule has 0 aromatic heterocycles. The molecule has 1 aliphatic heterocycles. The lowest BCUT2D eigenvalue weighted by molar-refractivity contribution is -0.142. The van der Waals surface area contributed by atoms with E-state index in [9.17, 15) is 4.79 Å². The molecule has 3 heteroatoms. The quantitative estimate of drug-likeness (QED) is 0.714. The molecule has 0 radical (unpaired) electrons. The lowest BCUT2D eigenvalue weighted by Crippen LogP contribution is -2.46. The van der Waals surface area contributed by atoms with Crippen LogP contribution < -0.4 is 0 Å². The molecule has 3 rings (SSSR count). The fourth-order valence-corrected chi connectivity index (χ4v) is 3.55. The molecule has 0 saturated heterocycles. The minimum absolute atomic E-state index is 0.138. The van der Waals surface area contributed by atoms with Gasteiger partial charge in [0.25, 0.3) is 0 Å². The second-order valence-corrected chi connectivity index (χ2v) is 5.59. The standard InChI is InChI=1S/C16H21NO2/c1-19-16(18)11-17-14-8-4-2-6-12(14)10-13-7-3-5-9-15(13)17/h2,4,6,8,12,14H,3,5,7,9-11H2,1H3. The summed E-state index contributed by atoms with van der Waals surface area (Å²) in [7, 11) is 1.47. The maximum atomic E-state index is 11.7. The van der Waals surface area contributed by atoms with Crippen molar-refractivity contribution in [2.45, 2.75) is 38.1 Å². The number of nitrogens with zero attached hydrogens (tertiary/aromatic N) is 1. The number of rotatable bonds is 2. The predicted octanol–water partition coefficient (Wildman–Crippen LogP) is 2.80. The molecular formula is C16H21NO2. The van der Waals surface area contributed by atoms with Crippen molar-refractivity contribution in [3.8, 4) is 0 Å². The first-order chi connectivity index (χ1) is 9.29. The molecule has 0 aromatic rings. The molecule has 3 aliphatic rings. The molecule has 0 aromatic carbocycles. The molecule has 0 N–H and O–H groups in total. The normalized spacial score (nSPS) is 29.0. The molecule has 2 atom stereocenters. The smallest absolute Gasteiger partial charge is 0.325 e. The van der Waals surface area contributed by atoms with E-state index in [1.54, 1.807) is 5.57 Å². The highest BCUT2D eigenvalue weighted by atomic mass is 16.5. The SMILES string of the molecule is COC(=O)CN1C2=C(CCCC2)CC2C=CC=CC21. The average molecular weight is 259 g/mol. The summed E-state index contributed by atoms with van der Waals surface area (Å²) >= 11 is 0. The van der Waals surface area contributed by atoms with Crippen LogP contribution in [0.4, 0.5) is 0 Å². The largest absolute Gasteiger partial charge is 0.468 e. The number of carbonyl (C=O) groups excluding carboxylic acids is 1. The molecular weight excluding hydrogens is 238 g/mol. The van der Waals surface area contributed by atoms with Gasteiger partial charge in [-0.1, -0.05) is 29.9 Å². The Hall–Kier alpha value is -1.51. The fraction of sp³-hybridized carbons (Fsp3) is 0.562. The van der Waals surface area contributed by atoms with Gasteiger partial charge in [-0.2, -0.15) is 0 Å². The van der Waals surface area contributed by atoms with E-state index in [1.165, 1.54) is 38.5 Å². The van der Waals surface area contributed by atoms with Crippen LogP contribution in [0.25, 0.3) is 0 Å². The van der Waals surface area contributed by atoms with E-state index >= 15 is 0 Å². The number of hydrogen-bond acceptors (Lipinski definition) is 3. The lowest BCUT2D eigenvalue weighted by Gasteiger charge is -2.45. The van der Waals surface area contributed by atoms with Gasteiger partial charge in [-0.15, -0.1) is 0 Å². The zero-order valence-corrected chi connectivity index (χ0v) is 11.5. The highest BCUT2D eigenvalue weighted by Crippen LogP contribution is 2.40. The van der Waals surface area contributed by atoms with Crippen LogP contribution in [0.15, 0.2) is 35.6 Å². The van der Waals surface area contributed by atoms with Gasteiger partial charge in [0, 0.05) is 11.6 Å². The molecule has 102 valence electrons. The number of allylic oxidation sites excluding steroid dienone is 4. The summed E-state index contributed by atoms with van der Waals surface area (Å²) in [5.74, 6) is 0.382. The van der Waals surface area contributed by atoms with Crippen LogP contribution in [0.5, 0.6) is 0 Å². The van der Waals surface area contributed by atoms with Crippen molar-refractivity contribution in [3.05, 3.63) is 35.6 Å². The Kier molecular flexibility index (Phi) is 3.45. The van der Waals surface area contributed by atoms with Gasteiger partial charge in [-0.3, -0.25) is 4.79 Å². The second kappa shape index (κ2) is 5.24. The number of ether oxygens (including phenoxy) is 1. The minimum Gasteiger partial charge on any atom is -0.468 e. The highest BCUT2D eigenvalue weighted by Gasteiger charge is 2.35. The first-order valence-corrected chi connectivity index (χ1v) is 7.19. The number of methoxy groups -OCH3 is 1. The summed E-state index contributed by atoms with van der Waals surface area (Å²) in [6.45, 7) is 0.384. The third-order valence-electron chi connectivity index (χ3n) is 4.48. The van der Waals surface area contributed by atoms with E-state index in [4.69, 9.17) is 4.74 Å². The summed E-state index contributed by atoms with van der Waals surface area (Å²) in [5.41, 5.74) is 2.98. The molecule has 0 fully saturated rings. The Morgan fingerprint density at radius 2 is 2.11 bits per heavy atom. The second-order valence-electron chi connectivity index (χ2n) is 5.59. The third-order valence-corrected chi connectivity index (χ3v) is 4.48. The van der Waals surface area contributed by atoms with Gasteiger partial charge in [-0.25, -0.2) is 0 Å². The van der Waals surface area contributed by atoms with Crippen LogP contribution >= 0.6 is 0 Å². The molecule has 0 bridgehead atoms. The van der Waals surface area contributed by atoms with Gasteiger partial charge < -0.3 is 9.64 Å². The number of carbonyl (C=O) groups is 1. The first-order valence-electron chi connectivity index (χ1n) is 7.19. The van der Waals surface area contributed by atoms with Crippen LogP contribution in [-0.4, -0.2) is 30.6 Å². The Labute approximate surface area is 114 Å². The van der Waals surface area contributed by atoms with Crippen molar-refractivity contribution in [2.75, 3.05) is 13.7 Å². The van der Waals surface area contributed by atoms with Crippen molar-refractivity contribution in [1.29, 1.82) is 0 Å². The summed E-state index contributed by atoms with van der Waals surface area (Å²) in [4.78, 5) is 14.0. The number of fused-ring (bicyclic) bond motifs is 1. The summed E-state index contributed by atoms with van der Waals surface area (Å²) in [5, 5.41) is 0. The van der Waals surface area contributed by atoms with E-state index in [-0.39, 0.29) is 5.97 Å². The maximum Gasteiger partial charge on any atom is 0.325 e. The zero-order valence-electron chi connectivity index (χ0n) is 11.5. The van der Waals surface area contributed by atoms with Gasteiger partial charge in [-0.05, 0) is 32.1 Å². The van der Waals surface area contributed by atoms with E-state index < -0.39 is 0 Å². The molecule has 3 nitrogen and oxygen atoms in total. The summed E-state index contributed by atoms with van der Waals surface area (Å²) < 4.78 is 4.87. The van der Waals surface area contributed by atoms with Crippen LogP contribution in [-0.2, 0) is 9.53 Å². The van der Waals surface area contributed by atoms with Crippen LogP contribution in [0.3, 0.4) is 0 Å². The Bertz CT molecular complexity index is 461. The third kappa shape index (κ3) is 2.34. The van der Waals surface area contributed by atoms with Crippen LogP contribution in [0, 0.1) is 5.92 Å². The molecule has 2 unspecified atom stereocenters. The summed E-state index contributed by atoms with van der Waals surface area (Å²) in [6, 6.07) is 0.334. The predicted molar refractivity (Wildman–Crippen MR) is 74.4 cm³/mol.